The summed E-state index contributed by atoms with van der Waals surface area (Å²) in [4.78, 5) is 0. The zero-order valence-corrected chi connectivity index (χ0v) is 29.2. The summed E-state index contributed by atoms with van der Waals surface area (Å²) < 4.78 is 13.5. The van der Waals surface area contributed by atoms with Crippen LogP contribution in [0, 0.1) is 32.5 Å². The Labute approximate surface area is 264 Å². The lowest BCUT2D eigenvalue weighted by atomic mass is 9.81. The molecule has 1 unspecified atom stereocenters. The lowest BCUT2D eigenvalue weighted by molar-refractivity contribution is 0.615. The summed E-state index contributed by atoms with van der Waals surface area (Å²) in [7, 11) is 0. The Hall–Kier alpha value is -3.59. The van der Waals surface area contributed by atoms with Crippen molar-refractivity contribution in [3.8, 4) is 0 Å². The van der Waals surface area contributed by atoms with Gasteiger partial charge < -0.3 is 10.6 Å². The smallest absolute Gasteiger partial charge is 0.126 e. The van der Waals surface area contributed by atoms with E-state index in [4.69, 9.17) is 0 Å². The lowest BCUT2D eigenvalue weighted by Gasteiger charge is -2.24. The van der Waals surface area contributed by atoms with Gasteiger partial charge >= 0.3 is 0 Å². The molecule has 2 N–H and O–H groups in total. The third-order valence-electron chi connectivity index (χ3n) is 6.96. The standard InChI is InChI=1S/C13H15F.C11H16.C9H10N2.C3H6.2C2H6/c1-8-4-5-12(8)11-6-9(2)10(3)13(14)7-11;1-4-10-5-7-11(8-6-10)9(2)3;1-6-3-4-8-9(5-6)11-7(2)10-8;1-3-2;2*1-2/h5-8H,4H2,1-3H3;5-9H,4H2,1-3H3;3-5,10-11H,2H2,1H3;3H,1H2,2H3;2*1-2H3. The minimum atomic E-state index is -0.0833. The first-order chi connectivity index (χ1) is 20.5. The molecule has 3 aromatic rings. The van der Waals surface area contributed by atoms with Gasteiger partial charge in [-0.25, -0.2) is 4.39 Å². The van der Waals surface area contributed by atoms with Gasteiger partial charge in [-0.3, -0.25) is 0 Å². The van der Waals surface area contributed by atoms with Gasteiger partial charge in [0.1, 0.15) is 11.6 Å². The first-order valence-corrected chi connectivity index (χ1v) is 16.0. The number of anilines is 2. The molecular weight excluding hydrogens is 527 g/mol. The average molecular weight is 587 g/mol. The quantitative estimate of drug-likeness (QED) is 0.298. The summed E-state index contributed by atoms with van der Waals surface area (Å²) in [6.07, 6.45) is 6.20. The summed E-state index contributed by atoms with van der Waals surface area (Å²) in [5.74, 6) is 2.02. The van der Waals surface area contributed by atoms with Crippen LogP contribution >= 0.6 is 0 Å². The lowest BCUT2D eigenvalue weighted by Crippen LogP contribution is -2.07. The van der Waals surface area contributed by atoms with Crippen molar-refractivity contribution < 1.29 is 4.39 Å². The first-order valence-electron chi connectivity index (χ1n) is 16.0. The van der Waals surface area contributed by atoms with E-state index in [-0.39, 0.29) is 5.82 Å². The van der Waals surface area contributed by atoms with Crippen LogP contribution in [0.3, 0.4) is 0 Å². The van der Waals surface area contributed by atoms with E-state index in [1.165, 1.54) is 22.3 Å². The summed E-state index contributed by atoms with van der Waals surface area (Å²) in [5, 5.41) is 6.25. The van der Waals surface area contributed by atoms with E-state index in [0.29, 0.717) is 11.8 Å². The van der Waals surface area contributed by atoms with Crippen molar-refractivity contribution in [1.82, 2.24) is 0 Å². The monoisotopic (exact) mass is 586 g/mol. The molecule has 0 bridgehead atoms. The molecule has 3 aromatic carbocycles. The van der Waals surface area contributed by atoms with E-state index in [0.717, 1.165) is 46.7 Å². The summed E-state index contributed by atoms with van der Waals surface area (Å²) >= 11 is 0. The maximum absolute atomic E-state index is 13.5. The minimum absolute atomic E-state index is 0.0833. The van der Waals surface area contributed by atoms with Gasteiger partial charge in [0.25, 0.3) is 0 Å². The fourth-order valence-electron chi connectivity index (χ4n) is 4.22. The zero-order chi connectivity index (χ0) is 33.1. The van der Waals surface area contributed by atoms with Crippen molar-refractivity contribution in [2.24, 2.45) is 5.92 Å². The predicted octanol–water partition coefficient (Wildman–Crippen LogP) is 12.8. The van der Waals surface area contributed by atoms with Crippen LogP contribution < -0.4 is 10.6 Å². The summed E-state index contributed by atoms with van der Waals surface area (Å²) in [6.45, 7) is 31.7. The molecule has 0 radical (unpaired) electrons. The molecule has 1 aliphatic heterocycles. The number of hydrogen-bond acceptors (Lipinski definition) is 2. The van der Waals surface area contributed by atoms with Crippen LogP contribution in [0.15, 0.2) is 85.7 Å². The molecule has 3 heteroatoms. The van der Waals surface area contributed by atoms with Gasteiger partial charge in [-0.15, -0.1) is 6.58 Å². The molecule has 0 spiro atoms. The van der Waals surface area contributed by atoms with Crippen LogP contribution in [-0.4, -0.2) is 0 Å². The Bertz CT molecular complexity index is 1260. The van der Waals surface area contributed by atoms with Crippen molar-refractivity contribution >= 4 is 16.9 Å². The topological polar surface area (TPSA) is 24.1 Å². The van der Waals surface area contributed by atoms with Crippen LogP contribution in [0.25, 0.3) is 5.57 Å². The highest BCUT2D eigenvalue weighted by Crippen LogP contribution is 2.36. The summed E-state index contributed by atoms with van der Waals surface area (Å²) in [5.41, 5.74) is 10.5. The number of benzene rings is 3. The summed E-state index contributed by atoms with van der Waals surface area (Å²) in [6, 6.07) is 18.9. The molecular formula is C40H59FN2. The number of fused-ring (bicyclic) bond motifs is 1. The third kappa shape index (κ3) is 13.1. The Morgan fingerprint density at radius 3 is 1.91 bits per heavy atom. The number of aryl methyl sites for hydroxylation is 3. The second kappa shape index (κ2) is 21.2. The van der Waals surface area contributed by atoms with E-state index < -0.39 is 0 Å². The van der Waals surface area contributed by atoms with Gasteiger partial charge in [-0.05, 0) is 110 Å². The van der Waals surface area contributed by atoms with Crippen molar-refractivity contribution in [3.05, 3.63) is 125 Å². The van der Waals surface area contributed by atoms with Crippen molar-refractivity contribution in [3.63, 3.8) is 0 Å². The van der Waals surface area contributed by atoms with Gasteiger partial charge in [-0.2, -0.15) is 0 Å². The number of nitrogens with one attached hydrogen (secondary N) is 2. The van der Waals surface area contributed by atoms with Crippen LogP contribution in [0.4, 0.5) is 15.8 Å². The third-order valence-corrected chi connectivity index (χ3v) is 6.96. The second-order valence-electron chi connectivity index (χ2n) is 10.6. The normalized spacial score (nSPS) is 13.4. The molecule has 2 aliphatic rings. The SMILES string of the molecule is C=C1Nc2ccc(C)cc2N1.C=CC.CC.CC.CCc1ccc(C(C)C)cc1.Cc1cc(C2=CCC2C)cc(F)c1C. The number of halogens is 1. The van der Waals surface area contributed by atoms with Crippen LogP contribution in [-0.2, 0) is 6.42 Å². The maximum atomic E-state index is 13.5. The van der Waals surface area contributed by atoms with E-state index >= 15 is 0 Å². The molecule has 1 aliphatic carbocycles. The van der Waals surface area contributed by atoms with Crippen LogP contribution in [0.5, 0.6) is 0 Å². The minimum Gasteiger partial charge on any atom is -0.341 e. The van der Waals surface area contributed by atoms with E-state index in [2.05, 4.69) is 113 Å². The van der Waals surface area contributed by atoms with Crippen molar-refractivity contribution in [2.45, 2.75) is 102 Å². The highest BCUT2D eigenvalue weighted by Gasteiger charge is 2.19. The fraction of sp³-hybridized carbons (Fsp3) is 0.400. The van der Waals surface area contributed by atoms with Gasteiger partial charge in [0.15, 0.2) is 0 Å². The highest BCUT2D eigenvalue weighted by molar-refractivity contribution is 5.79. The predicted molar refractivity (Wildman–Crippen MR) is 194 cm³/mol. The largest absolute Gasteiger partial charge is 0.341 e. The van der Waals surface area contributed by atoms with E-state index in [9.17, 15) is 4.39 Å². The molecule has 2 nitrogen and oxygen atoms in total. The molecule has 0 amide bonds. The van der Waals surface area contributed by atoms with Crippen LogP contribution in [0.1, 0.15) is 108 Å². The molecule has 5 rings (SSSR count). The molecule has 236 valence electrons. The van der Waals surface area contributed by atoms with Gasteiger partial charge in [0.2, 0.25) is 0 Å². The van der Waals surface area contributed by atoms with Crippen molar-refractivity contribution in [1.29, 1.82) is 0 Å². The average Bonchev–Trinajstić information content (AvgIpc) is 3.37. The van der Waals surface area contributed by atoms with Gasteiger partial charge in [0.05, 0.1) is 11.4 Å². The Balaban J connectivity index is 0.000000561. The molecule has 0 aromatic heterocycles. The second-order valence-corrected chi connectivity index (χ2v) is 10.6. The molecule has 1 heterocycles. The fourth-order valence-corrected chi connectivity index (χ4v) is 4.22. The Morgan fingerprint density at radius 2 is 1.47 bits per heavy atom. The van der Waals surface area contributed by atoms with E-state index in [1.54, 1.807) is 12.1 Å². The molecule has 0 saturated heterocycles. The Morgan fingerprint density at radius 1 is 0.907 bits per heavy atom. The molecule has 0 saturated carbocycles. The molecule has 43 heavy (non-hydrogen) atoms. The van der Waals surface area contributed by atoms with Gasteiger partial charge in [-0.1, -0.05) is 111 Å². The first kappa shape index (κ1) is 39.4. The number of allylic oxidation sites excluding steroid dienone is 3. The maximum Gasteiger partial charge on any atom is 0.126 e. The van der Waals surface area contributed by atoms with Crippen LogP contribution in [0.2, 0.25) is 0 Å². The van der Waals surface area contributed by atoms with E-state index in [1.807, 2.05) is 48.5 Å². The molecule has 0 fully saturated rings. The van der Waals surface area contributed by atoms with Gasteiger partial charge in [0, 0.05) is 0 Å². The number of rotatable bonds is 3. The zero-order valence-electron chi connectivity index (χ0n) is 29.2. The molecule has 1 atom stereocenters. The van der Waals surface area contributed by atoms with Crippen molar-refractivity contribution in [2.75, 3.05) is 10.6 Å². The number of hydrogen-bond donors (Lipinski definition) is 2. The Kier molecular flexibility index (Phi) is 19.4. The highest BCUT2D eigenvalue weighted by atomic mass is 19.1.